The van der Waals surface area contributed by atoms with Crippen LogP contribution in [0.15, 0.2) is 16.5 Å². The maximum atomic E-state index is 13.6. The predicted molar refractivity (Wildman–Crippen MR) is 63.3 cm³/mol. The van der Waals surface area contributed by atoms with Crippen LogP contribution >= 0.6 is 0 Å². The van der Waals surface area contributed by atoms with E-state index in [0.717, 1.165) is 0 Å². The number of benzene rings is 1. The molecule has 2 aromatic rings. The summed E-state index contributed by atoms with van der Waals surface area (Å²) in [5, 5.41) is 10.2. The number of aliphatic hydroxyl groups excluding tert-OH is 1. The molecule has 0 saturated heterocycles. The van der Waals surface area contributed by atoms with Crippen molar-refractivity contribution in [2.75, 3.05) is 0 Å². The fourth-order valence-electron chi connectivity index (χ4n) is 2.12. The van der Waals surface area contributed by atoms with Gasteiger partial charge in [0.25, 0.3) is 0 Å². The lowest BCUT2D eigenvalue weighted by molar-refractivity contribution is 0.211. The summed E-state index contributed by atoms with van der Waals surface area (Å²) >= 11 is 0. The van der Waals surface area contributed by atoms with E-state index in [1.165, 1.54) is 0 Å². The van der Waals surface area contributed by atoms with E-state index in [0.29, 0.717) is 34.8 Å². The minimum Gasteiger partial charge on any atom is -0.466 e. The predicted octanol–water partition coefficient (Wildman–Crippen LogP) is 3.70. The molecule has 0 bridgehead atoms. The quantitative estimate of drug-likeness (QED) is 0.844. The Kier molecular flexibility index (Phi) is 3.41. The third kappa shape index (κ3) is 2.26. The molecule has 1 atom stereocenters. The SMILES string of the molecule is Cc1oc(C)c(C(O)c2cc(F)c(F)cc2F)c1C. The summed E-state index contributed by atoms with van der Waals surface area (Å²) in [6.45, 7) is 5.04. The first-order valence-corrected chi connectivity index (χ1v) is 5.72. The average Bonchev–Trinajstić information content (AvgIpc) is 2.57. The molecule has 2 rings (SSSR count). The van der Waals surface area contributed by atoms with Gasteiger partial charge in [0.1, 0.15) is 23.4 Å². The first-order chi connectivity index (χ1) is 8.82. The fraction of sp³-hybridized carbons (Fsp3) is 0.286. The largest absolute Gasteiger partial charge is 0.466 e. The van der Waals surface area contributed by atoms with Gasteiger partial charge in [-0.3, -0.25) is 0 Å². The van der Waals surface area contributed by atoms with E-state index >= 15 is 0 Å². The van der Waals surface area contributed by atoms with Crippen LogP contribution in [-0.4, -0.2) is 5.11 Å². The number of aliphatic hydroxyl groups is 1. The lowest BCUT2D eigenvalue weighted by Crippen LogP contribution is -2.06. The molecule has 0 amide bonds. The Balaban J connectivity index is 2.56. The molecule has 0 saturated carbocycles. The molecule has 1 aromatic carbocycles. The zero-order valence-corrected chi connectivity index (χ0v) is 10.7. The topological polar surface area (TPSA) is 33.4 Å². The van der Waals surface area contributed by atoms with Gasteiger partial charge in [-0.2, -0.15) is 0 Å². The van der Waals surface area contributed by atoms with Gasteiger partial charge in [0.2, 0.25) is 0 Å². The maximum Gasteiger partial charge on any atom is 0.161 e. The molecule has 0 aliphatic heterocycles. The molecule has 1 N–H and O–H groups in total. The van der Waals surface area contributed by atoms with Gasteiger partial charge in [0, 0.05) is 17.2 Å². The van der Waals surface area contributed by atoms with E-state index in [1.54, 1.807) is 20.8 Å². The molecule has 1 heterocycles. The lowest BCUT2D eigenvalue weighted by atomic mass is 9.97. The van der Waals surface area contributed by atoms with Crippen molar-refractivity contribution >= 4 is 0 Å². The number of halogens is 3. The van der Waals surface area contributed by atoms with Crippen LogP contribution in [0.25, 0.3) is 0 Å². The van der Waals surface area contributed by atoms with E-state index in [-0.39, 0.29) is 5.56 Å². The molecular formula is C14H13F3O2. The van der Waals surface area contributed by atoms with Gasteiger partial charge in [0.05, 0.1) is 0 Å². The summed E-state index contributed by atoms with van der Waals surface area (Å²) in [6.07, 6.45) is -1.40. The van der Waals surface area contributed by atoms with Crippen molar-refractivity contribution in [3.05, 3.63) is 57.8 Å². The van der Waals surface area contributed by atoms with Crippen LogP contribution in [0.4, 0.5) is 13.2 Å². The van der Waals surface area contributed by atoms with Crippen LogP contribution in [0.2, 0.25) is 0 Å². The molecule has 1 aromatic heterocycles. The number of hydrogen-bond donors (Lipinski definition) is 1. The third-order valence-electron chi connectivity index (χ3n) is 3.23. The van der Waals surface area contributed by atoms with E-state index < -0.39 is 23.6 Å². The van der Waals surface area contributed by atoms with E-state index in [4.69, 9.17) is 4.42 Å². The number of aryl methyl sites for hydroxylation is 2. The highest BCUT2D eigenvalue weighted by Gasteiger charge is 2.24. The molecule has 0 fully saturated rings. The summed E-state index contributed by atoms with van der Waals surface area (Å²) < 4.78 is 45.0. The summed E-state index contributed by atoms with van der Waals surface area (Å²) in [7, 11) is 0. The normalized spacial score (nSPS) is 12.8. The summed E-state index contributed by atoms with van der Waals surface area (Å²) in [6, 6.07) is 1.09. The Hall–Kier alpha value is -1.75. The monoisotopic (exact) mass is 270 g/mol. The zero-order valence-electron chi connectivity index (χ0n) is 10.7. The highest BCUT2D eigenvalue weighted by molar-refractivity contribution is 5.39. The Labute approximate surface area is 108 Å². The van der Waals surface area contributed by atoms with Crippen LogP contribution < -0.4 is 0 Å². The Bertz CT molecular complexity index is 632. The van der Waals surface area contributed by atoms with Crippen molar-refractivity contribution in [1.29, 1.82) is 0 Å². The average molecular weight is 270 g/mol. The van der Waals surface area contributed by atoms with Crippen molar-refractivity contribution in [3.63, 3.8) is 0 Å². The van der Waals surface area contributed by atoms with Crippen LogP contribution in [0.3, 0.4) is 0 Å². The second kappa shape index (κ2) is 4.74. The van der Waals surface area contributed by atoms with Gasteiger partial charge in [-0.1, -0.05) is 0 Å². The Morgan fingerprint density at radius 3 is 2.05 bits per heavy atom. The van der Waals surface area contributed by atoms with Gasteiger partial charge in [-0.15, -0.1) is 0 Å². The maximum absolute atomic E-state index is 13.6. The van der Waals surface area contributed by atoms with E-state index in [1.807, 2.05) is 0 Å². The van der Waals surface area contributed by atoms with Crippen molar-refractivity contribution in [3.8, 4) is 0 Å². The first-order valence-electron chi connectivity index (χ1n) is 5.72. The van der Waals surface area contributed by atoms with Crippen molar-refractivity contribution < 1.29 is 22.7 Å². The fourth-order valence-corrected chi connectivity index (χ4v) is 2.12. The highest BCUT2D eigenvalue weighted by atomic mass is 19.2. The lowest BCUT2D eigenvalue weighted by Gasteiger charge is -2.13. The van der Waals surface area contributed by atoms with Crippen molar-refractivity contribution in [2.24, 2.45) is 0 Å². The third-order valence-corrected chi connectivity index (χ3v) is 3.23. The second-order valence-corrected chi connectivity index (χ2v) is 4.44. The van der Waals surface area contributed by atoms with Crippen LogP contribution in [0, 0.1) is 38.2 Å². The molecule has 0 radical (unpaired) electrons. The summed E-state index contributed by atoms with van der Waals surface area (Å²) in [5.41, 5.74) is 0.724. The summed E-state index contributed by atoms with van der Waals surface area (Å²) in [4.78, 5) is 0. The van der Waals surface area contributed by atoms with Crippen molar-refractivity contribution in [1.82, 2.24) is 0 Å². The van der Waals surface area contributed by atoms with Gasteiger partial charge in [-0.25, -0.2) is 13.2 Å². The Morgan fingerprint density at radius 1 is 0.947 bits per heavy atom. The smallest absolute Gasteiger partial charge is 0.161 e. The molecule has 19 heavy (non-hydrogen) atoms. The molecule has 0 spiro atoms. The molecular weight excluding hydrogens is 257 g/mol. The summed E-state index contributed by atoms with van der Waals surface area (Å²) in [5.74, 6) is -2.47. The van der Waals surface area contributed by atoms with E-state index in [2.05, 4.69) is 0 Å². The van der Waals surface area contributed by atoms with Crippen LogP contribution in [0.1, 0.15) is 34.3 Å². The number of hydrogen-bond acceptors (Lipinski definition) is 2. The molecule has 2 nitrogen and oxygen atoms in total. The Morgan fingerprint density at radius 2 is 1.53 bits per heavy atom. The van der Waals surface area contributed by atoms with Gasteiger partial charge >= 0.3 is 0 Å². The molecule has 102 valence electrons. The van der Waals surface area contributed by atoms with Gasteiger partial charge < -0.3 is 9.52 Å². The standard InChI is InChI=1S/C14H13F3O2/c1-6-7(2)19-8(3)13(6)14(18)9-4-11(16)12(17)5-10(9)15/h4-5,14,18H,1-3H3. The minimum atomic E-state index is -1.40. The molecule has 1 unspecified atom stereocenters. The zero-order chi connectivity index (χ0) is 14.3. The van der Waals surface area contributed by atoms with Gasteiger partial charge in [0.15, 0.2) is 11.6 Å². The van der Waals surface area contributed by atoms with Crippen molar-refractivity contribution in [2.45, 2.75) is 26.9 Å². The van der Waals surface area contributed by atoms with Gasteiger partial charge in [-0.05, 0) is 32.4 Å². The van der Waals surface area contributed by atoms with Crippen LogP contribution in [0.5, 0.6) is 0 Å². The highest BCUT2D eigenvalue weighted by Crippen LogP contribution is 2.33. The second-order valence-electron chi connectivity index (χ2n) is 4.44. The number of rotatable bonds is 2. The van der Waals surface area contributed by atoms with Crippen LogP contribution in [-0.2, 0) is 0 Å². The molecule has 0 aliphatic rings. The number of furan rings is 1. The molecule has 5 heteroatoms. The molecule has 0 aliphatic carbocycles. The first kappa shape index (κ1) is 13.7. The van der Waals surface area contributed by atoms with E-state index in [9.17, 15) is 18.3 Å². The minimum absolute atomic E-state index is 0.314.